The summed E-state index contributed by atoms with van der Waals surface area (Å²) in [4.78, 5) is 40.9. The van der Waals surface area contributed by atoms with Crippen LogP contribution in [0.4, 0.5) is 4.79 Å². The predicted octanol–water partition coefficient (Wildman–Crippen LogP) is 2.38. The van der Waals surface area contributed by atoms with Crippen molar-refractivity contribution in [3.8, 4) is 5.75 Å². The van der Waals surface area contributed by atoms with Crippen molar-refractivity contribution in [3.05, 3.63) is 30.3 Å². The molecule has 0 aliphatic carbocycles. The normalized spacial score (nSPS) is 15.2. The van der Waals surface area contributed by atoms with E-state index in [-0.39, 0.29) is 24.5 Å². The fourth-order valence-electron chi connectivity index (χ4n) is 3.05. The Kier molecular flexibility index (Phi) is 9.48. The smallest absolute Gasteiger partial charge is 0.410 e. The van der Waals surface area contributed by atoms with Crippen molar-refractivity contribution < 1.29 is 23.9 Å². The number of para-hydroxylation sites is 1. The summed E-state index contributed by atoms with van der Waals surface area (Å²) < 4.78 is 10.9. The molecule has 1 unspecified atom stereocenters. The highest BCUT2D eigenvalue weighted by atomic mass is 32.2. The van der Waals surface area contributed by atoms with Gasteiger partial charge in [0.25, 0.3) is 5.91 Å². The number of nitrogens with one attached hydrogen (secondary N) is 1. The lowest BCUT2D eigenvalue weighted by molar-refractivity contribution is -0.138. The monoisotopic (exact) mass is 451 g/mol. The van der Waals surface area contributed by atoms with E-state index in [2.05, 4.69) is 5.32 Å². The van der Waals surface area contributed by atoms with Crippen LogP contribution < -0.4 is 10.1 Å². The van der Waals surface area contributed by atoms with Crippen molar-refractivity contribution in [2.75, 3.05) is 44.8 Å². The number of rotatable bonds is 8. The van der Waals surface area contributed by atoms with Crippen molar-refractivity contribution in [2.45, 2.75) is 38.8 Å². The molecule has 1 aliphatic heterocycles. The minimum absolute atomic E-state index is 0.133. The average Bonchev–Trinajstić information content (AvgIpc) is 2.74. The van der Waals surface area contributed by atoms with E-state index in [9.17, 15) is 14.4 Å². The number of thioether (sulfide) groups is 1. The summed E-state index contributed by atoms with van der Waals surface area (Å²) in [7, 11) is 0. The molecule has 0 spiro atoms. The maximum atomic E-state index is 13.0. The summed E-state index contributed by atoms with van der Waals surface area (Å²) in [6.45, 7) is 6.94. The molecule has 8 nitrogen and oxygen atoms in total. The van der Waals surface area contributed by atoms with Crippen LogP contribution >= 0.6 is 11.8 Å². The second kappa shape index (κ2) is 11.8. The van der Waals surface area contributed by atoms with Gasteiger partial charge in [-0.05, 0) is 51.3 Å². The molecule has 31 heavy (non-hydrogen) atoms. The minimum Gasteiger partial charge on any atom is -0.484 e. The van der Waals surface area contributed by atoms with Crippen LogP contribution in [0.1, 0.15) is 27.2 Å². The Hall–Kier alpha value is -2.42. The summed E-state index contributed by atoms with van der Waals surface area (Å²) in [5.41, 5.74) is -0.556. The molecule has 172 valence electrons. The number of benzene rings is 1. The van der Waals surface area contributed by atoms with Crippen molar-refractivity contribution in [1.82, 2.24) is 15.1 Å². The van der Waals surface area contributed by atoms with E-state index in [1.165, 1.54) is 0 Å². The van der Waals surface area contributed by atoms with E-state index >= 15 is 0 Å². The molecule has 2 rings (SSSR count). The average molecular weight is 452 g/mol. The Labute approximate surface area is 188 Å². The zero-order valence-corrected chi connectivity index (χ0v) is 19.6. The van der Waals surface area contributed by atoms with Gasteiger partial charge in [0.15, 0.2) is 6.61 Å². The van der Waals surface area contributed by atoms with Crippen molar-refractivity contribution in [2.24, 2.45) is 0 Å². The lowest BCUT2D eigenvalue weighted by Gasteiger charge is -2.37. The molecule has 0 aromatic heterocycles. The molecule has 1 saturated heterocycles. The topological polar surface area (TPSA) is 88.2 Å². The van der Waals surface area contributed by atoms with Gasteiger partial charge in [-0.1, -0.05) is 18.2 Å². The highest BCUT2D eigenvalue weighted by Crippen LogP contribution is 2.13. The molecule has 1 aromatic carbocycles. The van der Waals surface area contributed by atoms with E-state index in [0.717, 1.165) is 5.75 Å². The first kappa shape index (κ1) is 24.8. The summed E-state index contributed by atoms with van der Waals surface area (Å²) >= 11 is 1.62. The Balaban J connectivity index is 1.87. The molecule has 0 radical (unpaired) electrons. The highest BCUT2D eigenvalue weighted by Gasteiger charge is 2.31. The van der Waals surface area contributed by atoms with Gasteiger partial charge in [0.05, 0.1) is 0 Å². The second-order valence-electron chi connectivity index (χ2n) is 8.30. The van der Waals surface area contributed by atoms with Gasteiger partial charge < -0.3 is 24.6 Å². The molecule has 1 N–H and O–H groups in total. The van der Waals surface area contributed by atoms with Crippen molar-refractivity contribution in [1.29, 1.82) is 0 Å². The van der Waals surface area contributed by atoms with E-state index in [4.69, 9.17) is 9.47 Å². The summed E-state index contributed by atoms with van der Waals surface area (Å²) in [5.74, 6) is 0.873. The van der Waals surface area contributed by atoms with Crippen LogP contribution in [0.5, 0.6) is 5.75 Å². The van der Waals surface area contributed by atoms with Crippen LogP contribution in [0, 0.1) is 0 Å². The molecular formula is C22H33N3O5S. The number of amides is 3. The van der Waals surface area contributed by atoms with Gasteiger partial charge >= 0.3 is 6.09 Å². The van der Waals surface area contributed by atoms with Gasteiger partial charge in [-0.15, -0.1) is 0 Å². The van der Waals surface area contributed by atoms with Crippen LogP contribution in [0.2, 0.25) is 0 Å². The Morgan fingerprint density at radius 3 is 2.26 bits per heavy atom. The molecule has 9 heteroatoms. The van der Waals surface area contributed by atoms with Crippen LogP contribution in [0.15, 0.2) is 30.3 Å². The fraction of sp³-hybridized carbons (Fsp3) is 0.591. The first-order chi connectivity index (χ1) is 14.7. The number of piperazine rings is 1. The van der Waals surface area contributed by atoms with Gasteiger partial charge in [0, 0.05) is 26.2 Å². The fourth-order valence-corrected chi connectivity index (χ4v) is 3.52. The van der Waals surface area contributed by atoms with E-state index in [0.29, 0.717) is 38.3 Å². The van der Waals surface area contributed by atoms with Crippen LogP contribution in [-0.2, 0) is 14.3 Å². The number of carbonyl (C=O) groups excluding carboxylic acids is 3. The Morgan fingerprint density at radius 1 is 1.06 bits per heavy atom. The van der Waals surface area contributed by atoms with E-state index in [1.54, 1.807) is 33.7 Å². The first-order valence-electron chi connectivity index (χ1n) is 10.4. The summed E-state index contributed by atoms with van der Waals surface area (Å²) in [5, 5.41) is 2.81. The molecule has 3 amide bonds. The highest BCUT2D eigenvalue weighted by molar-refractivity contribution is 7.98. The summed E-state index contributed by atoms with van der Waals surface area (Å²) in [6.07, 6.45) is 2.12. The molecule has 1 aliphatic rings. The number of hydrogen-bond donors (Lipinski definition) is 1. The molecule has 1 fully saturated rings. The molecule has 1 aromatic rings. The number of nitrogens with zero attached hydrogens (tertiary/aromatic N) is 2. The van der Waals surface area contributed by atoms with Crippen molar-refractivity contribution >= 4 is 29.7 Å². The van der Waals surface area contributed by atoms with Crippen molar-refractivity contribution in [3.63, 3.8) is 0 Å². The molecular weight excluding hydrogens is 418 g/mol. The molecule has 0 saturated carbocycles. The third kappa shape index (κ3) is 8.69. The van der Waals surface area contributed by atoms with E-state index in [1.807, 2.05) is 45.2 Å². The number of hydrogen-bond acceptors (Lipinski definition) is 6. The lowest BCUT2D eigenvalue weighted by Crippen LogP contribution is -2.56. The number of ether oxygens (including phenoxy) is 2. The van der Waals surface area contributed by atoms with Gasteiger partial charge in [-0.2, -0.15) is 11.8 Å². The zero-order chi connectivity index (χ0) is 22.9. The van der Waals surface area contributed by atoms with E-state index < -0.39 is 11.6 Å². The lowest BCUT2D eigenvalue weighted by atomic mass is 10.1. The van der Waals surface area contributed by atoms with Crippen LogP contribution in [0.25, 0.3) is 0 Å². The van der Waals surface area contributed by atoms with Gasteiger partial charge in [0.1, 0.15) is 17.4 Å². The van der Waals surface area contributed by atoms with Crippen LogP contribution in [0.3, 0.4) is 0 Å². The Morgan fingerprint density at radius 2 is 1.68 bits per heavy atom. The van der Waals surface area contributed by atoms with Crippen LogP contribution in [-0.4, -0.2) is 84.1 Å². The molecule has 1 atom stereocenters. The molecule has 1 heterocycles. The SMILES string of the molecule is CSCCC(NC(=O)COc1ccccc1)C(=O)N1CCN(C(=O)OC(C)(C)C)CC1. The standard InChI is InChI=1S/C22H33N3O5S/c1-22(2,3)30-21(28)25-13-11-24(12-14-25)20(27)18(10-15-31-4)23-19(26)16-29-17-8-6-5-7-9-17/h5-9,18H,10-16H2,1-4H3,(H,23,26). The Bertz CT molecular complexity index is 730. The predicted molar refractivity (Wildman–Crippen MR) is 121 cm³/mol. The maximum Gasteiger partial charge on any atom is 0.410 e. The molecule has 0 bridgehead atoms. The second-order valence-corrected chi connectivity index (χ2v) is 9.28. The van der Waals surface area contributed by atoms with Gasteiger partial charge in [-0.25, -0.2) is 4.79 Å². The number of carbonyl (C=O) groups is 3. The minimum atomic E-state index is -0.618. The zero-order valence-electron chi connectivity index (χ0n) is 18.8. The van der Waals surface area contributed by atoms with Gasteiger partial charge in [0.2, 0.25) is 5.91 Å². The quantitative estimate of drug-likeness (QED) is 0.653. The first-order valence-corrected chi connectivity index (χ1v) is 11.8. The summed E-state index contributed by atoms with van der Waals surface area (Å²) in [6, 6.07) is 8.45. The third-order valence-electron chi connectivity index (χ3n) is 4.60. The third-order valence-corrected chi connectivity index (χ3v) is 5.24. The largest absolute Gasteiger partial charge is 0.484 e. The van der Waals surface area contributed by atoms with Gasteiger partial charge in [-0.3, -0.25) is 9.59 Å². The maximum absolute atomic E-state index is 13.0.